The summed E-state index contributed by atoms with van der Waals surface area (Å²) in [5.41, 5.74) is 0.850. The highest BCUT2D eigenvalue weighted by Crippen LogP contribution is 2.35. The fourth-order valence-electron chi connectivity index (χ4n) is 4.29. The van der Waals surface area contributed by atoms with Crippen LogP contribution in [0.25, 0.3) is 0 Å². The number of carbonyl (C=O) groups excluding carboxylic acids is 1. The number of alkyl carbamates (subject to hydrolysis) is 1. The van der Waals surface area contributed by atoms with Gasteiger partial charge in [0.25, 0.3) is 0 Å². The van der Waals surface area contributed by atoms with Crippen molar-refractivity contribution < 1.29 is 33.3 Å². The average molecular weight is 537 g/mol. The van der Waals surface area contributed by atoms with E-state index in [0.29, 0.717) is 5.75 Å². The molecule has 0 spiro atoms. The first-order valence-electron chi connectivity index (χ1n) is 12.7. The van der Waals surface area contributed by atoms with Gasteiger partial charge in [0.1, 0.15) is 29.0 Å². The van der Waals surface area contributed by atoms with Gasteiger partial charge in [-0.2, -0.15) is 0 Å². The molecule has 0 saturated heterocycles. The van der Waals surface area contributed by atoms with Crippen LogP contribution in [0.3, 0.4) is 0 Å². The lowest BCUT2D eigenvalue weighted by atomic mass is 9.78. The third-order valence-corrected chi connectivity index (χ3v) is 6.52. The van der Waals surface area contributed by atoms with Gasteiger partial charge in [0.05, 0.1) is 6.20 Å². The molecular weight excluding hydrogens is 503 g/mol. The molecule has 4 rings (SSSR count). The molecule has 1 aromatic heterocycles. The van der Waals surface area contributed by atoms with Crippen LogP contribution in [0.4, 0.5) is 9.18 Å². The van der Waals surface area contributed by atoms with Crippen molar-refractivity contribution in [3.63, 3.8) is 0 Å². The number of nitrogens with one attached hydrogen (secondary N) is 1. The zero-order valence-corrected chi connectivity index (χ0v) is 22.7. The molecule has 2 aromatic carbocycles. The molecule has 1 amide bonds. The van der Waals surface area contributed by atoms with Crippen molar-refractivity contribution in [3.05, 3.63) is 83.4 Å². The van der Waals surface area contributed by atoms with E-state index in [9.17, 15) is 19.1 Å². The number of benzene rings is 2. The lowest BCUT2D eigenvalue weighted by molar-refractivity contribution is 0.0362. The number of nitrogens with zero attached hydrogens (tertiary/aromatic N) is 1. The maximum Gasteiger partial charge on any atom is 0.407 e. The van der Waals surface area contributed by atoms with Crippen molar-refractivity contribution in [1.29, 1.82) is 0 Å². The van der Waals surface area contributed by atoms with E-state index in [1.54, 1.807) is 12.1 Å². The van der Waals surface area contributed by atoms with Crippen molar-refractivity contribution in [2.24, 2.45) is 0 Å². The van der Waals surface area contributed by atoms with E-state index >= 15 is 0 Å². The summed E-state index contributed by atoms with van der Waals surface area (Å²) in [7, 11) is 0. The van der Waals surface area contributed by atoms with Crippen LogP contribution in [0.1, 0.15) is 69.1 Å². The monoisotopic (exact) mass is 536 g/mol. The first-order chi connectivity index (χ1) is 18.3. The predicted octanol–water partition coefficient (Wildman–Crippen LogP) is 6.47. The van der Waals surface area contributed by atoms with E-state index in [2.05, 4.69) is 24.1 Å². The second-order valence-corrected chi connectivity index (χ2v) is 11.1. The van der Waals surface area contributed by atoms with Crippen LogP contribution in [-0.2, 0) is 10.2 Å². The van der Waals surface area contributed by atoms with Gasteiger partial charge in [0.2, 0.25) is 0 Å². The molecule has 1 saturated carbocycles. The van der Waals surface area contributed by atoms with Crippen LogP contribution >= 0.6 is 0 Å². The van der Waals surface area contributed by atoms with Gasteiger partial charge in [-0.25, -0.2) is 19.0 Å². The average Bonchev–Trinajstić information content (AvgIpc) is 2.82. The smallest absolute Gasteiger partial charge is 0.407 e. The number of ether oxygens (including phenoxy) is 3. The van der Waals surface area contributed by atoms with Crippen molar-refractivity contribution in [1.82, 2.24) is 10.3 Å². The van der Waals surface area contributed by atoms with Gasteiger partial charge >= 0.3 is 12.1 Å². The van der Waals surface area contributed by atoms with Crippen LogP contribution in [0, 0.1) is 5.82 Å². The first-order valence-corrected chi connectivity index (χ1v) is 12.7. The summed E-state index contributed by atoms with van der Waals surface area (Å²) in [6.07, 6.45) is 1.91. The molecule has 0 atom stereocenters. The fourth-order valence-corrected chi connectivity index (χ4v) is 4.29. The van der Waals surface area contributed by atoms with Crippen LogP contribution in [0.2, 0.25) is 0 Å². The van der Waals surface area contributed by atoms with Crippen molar-refractivity contribution in [2.45, 2.75) is 70.6 Å². The molecule has 0 bridgehead atoms. The Balaban J connectivity index is 1.34. The summed E-state index contributed by atoms with van der Waals surface area (Å²) in [6.45, 7) is 9.69. The summed E-state index contributed by atoms with van der Waals surface area (Å²) in [5, 5.41) is 12.1. The number of amides is 1. The molecule has 8 nitrogen and oxygen atoms in total. The number of aromatic nitrogens is 1. The van der Waals surface area contributed by atoms with Gasteiger partial charge in [-0.15, -0.1) is 0 Å². The summed E-state index contributed by atoms with van der Waals surface area (Å²) >= 11 is 0. The van der Waals surface area contributed by atoms with Gasteiger partial charge in [0.15, 0.2) is 11.4 Å². The van der Waals surface area contributed by atoms with Gasteiger partial charge in [-0.1, -0.05) is 38.1 Å². The molecule has 2 N–H and O–H groups in total. The number of aromatic carboxylic acids is 1. The summed E-state index contributed by atoms with van der Waals surface area (Å²) in [5.74, 6) is -1.02. The first kappa shape index (κ1) is 27.9. The Morgan fingerprint density at radius 3 is 2.05 bits per heavy atom. The van der Waals surface area contributed by atoms with E-state index in [-0.39, 0.29) is 29.0 Å². The maximum atomic E-state index is 13.6. The SMILES string of the molecule is CC(C)(C)OC(=O)NC1CC(Oc2ccc(C(C)(C)c3ccc(Oc4cc(F)cnc4C(=O)O)cc3)cc2)C1. The number of hydrogen-bond donors (Lipinski definition) is 2. The highest BCUT2D eigenvalue weighted by Gasteiger charge is 2.33. The summed E-state index contributed by atoms with van der Waals surface area (Å²) < 4.78 is 30.6. The normalized spacial score (nSPS) is 17.1. The highest BCUT2D eigenvalue weighted by molar-refractivity contribution is 5.88. The Morgan fingerprint density at radius 1 is 0.949 bits per heavy atom. The summed E-state index contributed by atoms with van der Waals surface area (Å²) in [4.78, 5) is 26.9. The number of carboxylic acids is 1. The predicted molar refractivity (Wildman–Crippen MR) is 143 cm³/mol. The molecule has 1 fully saturated rings. The van der Waals surface area contributed by atoms with Gasteiger partial charge in [-0.3, -0.25) is 0 Å². The van der Waals surface area contributed by atoms with Gasteiger partial charge < -0.3 is 24.6 Å². The number of carboxylic acid groups (broad SMARTS) is 1. The Kier molecular flexibility index (Phi) is 7.81. The highest BCUT2D eigenvalue weighted by atomic mass is 19.1. The van der Waals surface area contributed by atoms with Crippen LogP contribution < -0.4 is 14.8 Å². The van der Waals surface area contributed by atoms with Crippen molar-refractivity contribution >= 4 is 12.1 Å². The van der Waals surface area contributed by atoms with E-state index < -0.39 is 23.5 Å². The fraction of sp³-hybridized carbons (Fsp3) is 0.367. The third kappa shape index (κ3) is 7.04. The van der Waals surface area contributed by atoms with Gasteiger partial charge in [0, 0.05) is 30.4 Å². The molecule has 206 valence electrons. The lowest BCUT2D eigenvalue weighted by Gasteiger charge is -2.36. The van der Waals surface area contributed by atoms with E-state index in [4.69, 9.17) is 14.2 Å². The topological polar surface area (TPSA) is 107 Å². The number of pyridine rings is 1. The largest absolute Gasteiger partial charge is 0.490 e. The number of halogens is 1. The number of rotatable bonds is 8. The Bertz CT molecular complexity index is 1330. The second-order valence-electron chi connectivity index (χ2n) is 11.1. The molecule has 39 heavy (non-hydrogen) atoms. The zero-order valence-electron chi connectivity index (χ0n) is 22.7. The van der Waals surface area contributed by atoms with Gasteiger partial charge in [-0.05, 0) is 56.2 Å². The van der Waals surface area contributed by atoms with E-state index in [1.807, 2.05) is 57.2 Å². The number of hydrogen-bond acceptors (Lipinski definition) is 6. The molecular formula is C30H33FN2O6. The molecule has 3 aromatic rings. The minimum Gasteiger partial charge on any atom is -0.490 e. The number of carbonyl (C=O) groups is 2. The van der Waals surface area contributed by atoms with Crippen molar-refractivity contribution in [3.8, 4) is 17.2 Å². The molecule has 1 aliphatic carbocycles. The van der Waals surface area contributed by atoms with Crippen LogP contribution in [0.15, 0.2) is 60.8 Å². The molecule has 0 radical (unpaired) electrons. The Morgan fingerprint density at radius 2 is 1.51 bits per heavy atom. The Labute approximate surface area is 227 Å². The zero-order chi connectivity index (χ0) is 28.4. The molecule has 1 aliphatic rings. The van der Waals surface area contributed by atoms with E-state index in [0.717, 1.165) is 42.0 Å². The summed E-state index contributed by atoms with van der Waals surface area (Å²) in [6, 6.07) is 16.2. The molecule has 1 heterocycles. The Hall–Kier alpha value is -4.14. The lowest BCUT2D eigenvalue weighted by Crippen LogP contribution is -2.50. The third-order valence-electron chi connectivity index (χ3n) is 6.52. The standard InChI is InChI=1S/C30H33FN2O6/c1-29(2,3)39-28(36)33-21-15-24(16-21)37-22-10-6-18(7-11-22)30(4,5)19-8-12-23(13-9-19)38-25-14-20(31)17-32-26(25)27(34)35/h6-14,17,21,24H,15-16H2,1-5H3,(H,33,36)(H,34,35). The van der Waals surface area contributed by atoms with E-state index in [1.165, 1.54) is 0 Å². The second kappa shape index (κ2) is 10.9. The molecule has 0 unspecified atom stereocenters. The minimum absolute atomic E-state index is 0.0336. The van der Waals surface area contributed by atoms with Crippen LogP contribution in [-0.4, -0.2) is 39.9 Å². The molecule has 0 aliphatic heterocycles. The van der Waals surface area contributed by atoms with Crippen LogP contribution in [0.5, 0.6) is 17.2 Å². The minimum atomic E-state index is -1.30. The quantitative estimate of drug-likeness (QED) is 0.340. The maximum absolute atomic E-state index is 13.6. The van der Waals surface area contributed by atoms with Crippen molar-refractivity contribution in [2.75, 3.05) is 0 Å². The molecule has 9 heteroatoms.